The topological polar surface area (TPSA) is 54.0 Å². The first kappa shape index (κ1) is 30.1. The van der Waals surface area contributed by atoms with Crippen LogP contribution >= 0.6 is 11.8 Å². The summed E-state index contributed by atoms with van der Waals surface area (Å²) in [5.74, 6) is -1.26. The summed E-state index contributed by atoms with van der Waals surface area (Å²) < 4.78 is 25.7. The smallest absolute Gasteiger partial charge is 0.303 e. The van der Waals surface area contributed by atoms with E-state index < -0.39 is 22.9 Å². The molecule has 42 heavy (non-hydrogen) atoms. The molecule has 0 spiro atoms. The van der Waals surface area contributed by atoms with Crippen LogP contribution in [-0.4, -0.2) is 36.0 Å². The van der Waals surface area contributed by atoms with E-state index in [0.29, 0.717) is 13.0 Å². The van der Waals surface area contributed by atoms with Gasteiger partial charge in [0.25, 0.3) is 0 Å². The van der Waals surface area contributed by atoms with Crippen LogP contribution in [0.1, 0.15) is 49.4 Å². The Labute approximate surface area is 253 Å². The Balaban J connectivity index is 1.46. The van der Waals surface area contributed by atoms with Crippen molar-refractivity contribution in [2.75, 3.05) is 6.61 Å². The Kier molecular flexibility index (Phi) is 9.49. The number of hydrogen-bond acceptors (Lipinski definition) is 6. The number of benzene rings is 4. The second-order valence-corrected chi connectivity index (χ2v) is 12.2. The van der Waals surface area contributed by atoms with Crippen molar-refractivity contribution >= 4 is 17.7 Å². The van der Waals surface area contributed by atoms with Crippen molar-refractivity contribution in [3.05, 3.63) is 138 Å². The van der Waals surface area contributed by atoms with Gasteiger partial charge in [-0.15, -0.1) is 0 Å². The van der Waals surface area contributed by atoms with Crippen LogP contribution in [0.5, 0.6) is 0 Å². The first-order valence-electron chi connectivity index (χ1n) is 14.3. The Morgan fingerprint density at radius 3 is 1.81 bits per heavy atom. The Morgan fingerprint density at radius 2 is 1.33 bits per heavy atom. The number of esters is 1. The zero-order chi connectivity index (χ0) is 29.6. The second-order valence-electron chi connectivity index (χ2n) is 11.0. The van der Waals surface area contributed by atoms with Crippen molar-refractivity contribution in [1.82, 2.24) is 0 Å². The lowest BCUT2D eigenvalue weighted by Gasteiger charge is -2.44. The fourth-order valence-corrected chi connectivity index (χ4v) is 6.56. The molecule has 1 aliphatic heterocycles. The average Bonchev–Trinajstić information content (AvgIpc) is 2.99. The highest BCUT2D eigenvalue weighted by Gasteiger charge is 2.43. The third-order valence-corrected chi connectivity index (χ3v) is 8.44. The van der Waals surface area contributed by atoms with E-state index in [4.69, 9.17) is 18.9 Å². The number of thioether (sulfide) groups is 1. The van der Waals surface area contributed by atoms with E-state index in [1.165, 1.54) is 24.2 Å². The molecule has 0 amide bonds. The van der Waals surface area contributed by atoms with Gasteiger partial charge >= 0.3 is 5.97 Å². The van der Waals surface area contributed by atoms with Gasteiger partial charge in [-0.2, -0.15) is 0 Å². The molecule has 1 saturated heterocycles. The first-order chi connectivity index (χ1) is 20.2. The highest BCUT2D eigenvalue weighted by molar-refractivity contribution is 7.99. The molecule has 1 unspecified atom stereocenters. The van der Waals surface area contributed by atoms with Crippen LogP contribution in [0.4, 0.5) is 0 Å². The molecule has 218 valence electrons. The van der Waals surface area contributed by atoms with Gasteiger partial charge in [-0.25, -0.2) is 0 Å². The van der Waals surface area contributed by atoms with E-state index in [-0.39, 0.29) is 12.1 Å². The predicted molar refractivity (Wildman–Crippen MR) is 166 cm³/mol. The van der Waals surface area contributed by atoms with E-state index in [1.807, 2.05) is 87.5 Å². The highest BCUT2D eigenvalue weighted by atomic mass is 32.2. The molecule has 4 aromatic carbocycles. The molecule has 0 radical (unpaired) electrons. The molecule has 0 saturated carbocycles. The third-order valence-electron chi connectivity index (χ3n) is 7.27. The molecular weight excluding hydrogens is 544 g/mol. The molecule has 4 aromatic rings. The SMILES string of the molecule is CC(=O)OC(Sc1ccc(C)cc1)[C@H]1C[C@@H](COC(c2ccccc2)(c2ccccc2)c2ccccc2)OC(C)(C)O1. The van der Waals surface area contributed by atoms with Gasteiger partial charge in [0.05, 0.1) is 12.7 Å². The quantitative estimate of drug-likeness (QED) is 0.0820. The van der Waals surface area contributed by atoms with Gasteiger partial charge in [-0.3, -0.25) is 4.79 Å². The Morgan fingerprint density at radius 1 is 0.833 bits per heavy atom. The van der Waals surface area contributed by atoms with E-state index in [9.17, 15) is 4.79 Å². The number of rotatable bonds is 10. The lowest BCUT2D eigenvalue weighted by molar-refractivity contribution is -0.315. The third kappa shape index (κ3) is 7.13. The molecular formula is C36H38O5S. The van der Waals surface area contributed by atoms with E-state index in [2.05, 4.69) is 48.5 Å². The molecule has 1 heterocycles. The van der Waals surface area contributed by atoms with Crippen LogP contribution in [0, 0.1) is 6.92 Å². The molecule has 1 fully saturated rings. The van der Waals surface area contributed by atoms with Gasteiger partial charge in [-0.1, -0.05) is 120 Å². The highest BCUT2D eigenvalue weighted by Crippen LogP contribution is 2.42. The zero-order valence-corrected chi connectivity index (χ0v) is 25.4. The summed E-state index contributed by atoms with van der Waals surface area (Å²) in [7, 11) is 0. The molecule has 0 aliphatic carbocycles. The number of aryl methyl sites for hydroxylation is 1. The Bertz CT molecular complexity index is 1330. The van der Waals surface area contributed by atoms with Gasteiger partial charge in [0, 0.05) is 18.2 Å². The molecule has 0 bridgehead atoms. The fraction of sp³-hybridized carbons (Fsp3) is 0.306. The largest absolute Gasteiger partial charge is 0.448 e. The summed E-state index contributed by atoms with van der Waals surface area (Å²) in [4.78, 5) is 13.2. The molecule has 0 aromatic heterocycles. The van der Waals surface area contributed by atoms with Crippen molar-refractivity contribution in [1.29, 1.82) is 0 Å². The second kappa shape index (κ2) is 13.3. The average molecular weight is 583 g/mol. The summed E-state index contributed by atoms with van der Waals surface area (Å²) in [6.07, 6.45) is -0.225. The maximum atomic E-state index is 12.2. The first-order valence-corrected chi connectivity index (χ1v) is 15.2. The fourth-order valence-electron chi connectivity index (χ4n) is 5.49. The Hall–Kier alpha value is -3.42. The van der Waals surface area contributed by atoms with Gasteiger partial charge in [0.15, 0.2) is 11.2 Å². The van der Waals surface area contributed by atoms with E-state index >= 15 is 0 Å². The molecule has 5 rings (SSSR count). The number of hydrogen-bond donors (Lipinski definition) is 0. The van der Waals surface area contributed by atoms with Crippen molar-refractivity contribution in [3.8, 4) is 0 Å². The van der Waals surface area contributed by atoms with Gasteiger partial charge in [0.2, 0.25) is 0 Å². The van der Waals surface area contributed by atoms with Crippen molar-refractivity contribution in [2.45, 2.75) is 68.0 Å². The van der Waals surface area contributed by atoms with Crippen LogP contribution in [-0.2, 0) is 29.3 Å². The van der Waals surface area contributed by atoms with Crippen LogP contribution in [0.25, 0.3) is 0 Å². The van der Waals surface area contributed by atoms with Crippen molar-refractivity contribution in [2.24, 2.45) is 0 Å². The monoisotopic (exact) mass is 582 g/mol. The van der Waals surface area contributed by atoms with E-state index in [0.717, 1.165) is 21.6 Å². The molecule has 1 aliphatic rings. The number of ether oxygens (including phenoxy) is 4. The maximum Gasteiger partial charge on any atom is 0.303 e. The van der Waals surface area contributed by atoms with Gasteiger partial charge in [0.1, 0.15) is 11.7 Å². The predicted octanol–water partition coefficient (Wildman–Crippen LogP) is 7.90. The van der Waals surface area contributed by atoms with Crippen LogP contribution in [0.15, 0.2) is 120 Å². The minimum atomic E-state index is -0.905. The van der Waals surface area contributed by atoms with E-state index in [1.54, 1.807) is 0 Å². The molecule has 0 N–H and O–H groups in total. The van der Waals surface area contributed by atoms with Crippen LogP contribution in [0.3, 0.4) is 0 Å². The number of carbonyl (C=O) groups excluding carboxylic acids is 1. The van der Waals surface area contributed by atoms with Gasteiger partial charge < -0.3 is 18.9 Å². The van der Waals surface area contributed by atoms with Crippen molar-refractivity contribution in [3.63, 3.8) is 0 Å². The summed E-state index contributed by atoms with van der Waals surface area (Å²) in [5, 5.41) is 0. The molecule has 6 heteroatoms. The zero-order valence-electron chi connectivity index (χ0n) is 24.6. The lowest BCUT2D eigenvalue weighted by Crippen LogP contribution is -2.51. The minimum absolute atomic E-state index is 0.296. The summed E-state index contributed by atoms with van der Waals surface area (Å²) in [6.45, 7) is 7.57. The molecule has 5 nitrogen and oxygen atoms in total. The minimum Gasteiger partial charge on any atom is -0.448 e. The summed E-state index contributed by atoms with van der Waals surface area (Å²) in [6, 6.07) is 39.1. The van der Waals surface area contributed by atoms with Gasteiger partial charge in [-0.05, 0) is 49.6 Å². The standard InChI is InChI=1S/C36H38O5S/c1-26-20-22-32(23-21-26)42-34(39-27(2)37)33-24-31(40-35(3,4)41-33)25-38-36(28-14-8-5-9-15-28,29-16-10-6-11-17-29)30-18-12-7-13-19-30/h5-23,31,33-34H,24-25H2,1-4H3/t31-,33+,34?/m0/s1. The molecule has 3 atom stereocenters. The normalized spacial score (nSPS) is 19.1. The summed E-state index contributed by atoms with van der Waals surface area (Å²) >= 11 is 1.48. The van der Waals surface area contributed by atoms with Crippen molar-refractivity contribution < 1.29 is 23.7 Å². The van der Waals surface area contributed by atoms with Crippen LogP contribution in [0.2, 0.25) is 0 Å². The number of carbonyl (C=O) groups is 1. The summed E-state index contributed by atoms with van der Waals surface area (Å²) in [5.41, 5.74) is 2.84. The lowest BCUT2D eigenvalue weighted by atomic mass is 9.80. The maximum absolute atomic E-state index is 12.2. The van der Waals surface area contributed by atoms with Crippen LogP contribution < -0.4 is 0 Å².